The van der Waals surface area contributed by atoms with Crippen LogP contribution in [0.5, 0.6) is 0 Å². The second kappa shape index (κ2) is 6.76. The lowest BCUT2D eigenvalue weighted by Gasteiger charge is -2.21. The van der Waals surface area contributed by atoms with E-state index in [0.29, 0.717) is 36.0 Å². The first-order valence-electron chi connectivity index (χ1n) is 7.14. The number of hydrogen-bond donors (Lipinski definition) is 0. The molecule has 0 aliphatic carbocycles. The molecule has 0 N–H and O–H groups in total. The fourth-order valence-electron chi connectivity index (χ4n) is 2.27. The van der Waals surface area contributed by atoms with Crippen LogP contribution in [0, 0.1) is 6.92 Å². The zero-order valence-electron chi connectivity index (χ0n) is 12.6. The summed E-state index contributed by atoms with van der Waals surface area (Å²) in [5.41, 5.74) is 2.27. The number of rotatable bonds is 5. The van der Waals surface area contributed by atoms with Gasteiger partial charge in [-0.25, -0.2) is 0 Å². The first kappa shape index (κ1) is 15.6. The summed E-state index contributed by atoms with van der Waals surface area (Å²) < 4.78 is 1.67. The number of amides is 1. The van der Waals surface area contributed by atoms with Crippen molar-refractivity contribution in [2.45, 2.75) is 33.9 Å². The van der Waals surface area contributed by atoms with E-state index in [4.69, 9.17) is 11.6 Å². The highest BCUT2D eigenvalue weighted by Crippen LogP contribution is 2.22. The molecule has 0 unspecified atom stereocenters. The Morgan fingerprint density at radius 1 is 1.29 bits per heavy atom. The molecule has 2 aromatic rings. The molecule has 5 heteroatoms. The third-order valence-corrected chi connectivity index (χ3v) is 3.89. The molecule has 1 aromatic carbocycles. The first-order chi connectivity index (χ1) is 10.1. The van der Waals surface area contributed by atoms with Crippen molar-refractivity contribution in [1.82, 2.24) is 14.7 Å². The summed E-state index contributed by atoms with van der Waals surface area (Å²) in [6.07, 6.45) is 0. The van der Waals surface area contributed by atoms with Crippen LogP contribution >= 0.6 is 11.6 Å². The number of benzene rings is 1. The van der Waals surface area contributed by atoms with Crippen molar-refractivity contribution in [2.24, 2.45) is 0 Å². The van der Waals surface area contributed by atoms with Gasteiger partial charge in [-0.15, -0.1) is 0 Å². The van der Waals surface area contributed by atoms with Gasteiger partial charge in [-0.3, -0.25) is 9.48 Å². The molecule has 112 valence electrons. The summed E-state index contributed by atoms with van der Waals surface area (Å²) in [4.78, 5) is 14.6. The topological polar surface area (TPSA) is 38.1 Å². The van der Waals surface area contributed by atoms with Crippen molar-refractivity contribution >= 4 is 17.5 Å². The summed E-state index contributed by atoms with van der Waals surface area (Å²) >= 11 is 6.26. The maximum absolute atomic E-state index is 12.8. The van der Waals surface area contributed by atoms with Crippen molar-refractivity contribution in [3.05, 3.63) is 52.3 Å². The van der Waals surface area contributed by atoms with Crippen LogP contribution in [-0.4, -0.2) is 27.1 Å². The van der Waals surface area contributed by atoms with E-state index >= 15 is 0 Å². The summed E-state index contributed by atoms with van der Waals surface area (Å²) in [7, 11) is 0. The van der Waals surface area contributed by atoms with Gasteiger partial charge >= 0.3 is 0 Å². The number of aryl methyl sites for hydroxylation is 2. The molecular formula is C16H20ClN3O. The Bertz CT molecular complexity index is 622. The van der Waals surface area contributed by atoms with Gasteiger partial charge in [0.15, 0.2) is 0 Å². The lowest BCUT2D eigenvalue weighted by atomic mass is 10.2. The molecule has 0 saturated heterocycles. The molecule has 0 bridgehead atoms. The molecule has 0 fully saturated rings. The Morgan fingerprint density at radius 2 is 1.95 bits per heavy atom. The van der Waals surface area contributed by atoms with Gasteiger partial charge in [0.05, 0.1) is 10.7 Å². The van der Waals surface area contributed by atoms with Gasteiger partial charge in [0.1, 0.15) is 5.69 Å². The smallest absolute Gasteiger partial charge is 0.273 e. The van der Waals surface area contributed by atoms with Gasteiger partial charge in [0.25, 0.3) is 5.91 Å². The van der Waals surface area contributed by atoms with Crippen LogP contribution in [0.25, 0.3) is 0 Å². The van der Waals surface area contributed by atoms with Crippen molar-refractivity contribution in [1.29, 1.82) is 0 Å². The molecule has 0 spiro atoms. The Hall–Kier alpha value is -1.81. The van der Waals surface area contributed by atoms with E-state index in [2.05, 4.69) is 5.10 Å². The lowest BCUT2D eigenvalue weighted by molar-refractivity contribution is 0.0740. The third-order valence-electron chi connectivity index (χ3n) is 3.44. The van der Waals surface area contributed by atoms with E-state index in [0.717, 1.165) is 5.56 Å². The zero-order chi connectivity index (χ0) is 15.4. The second-order valence-electron chi connectivity index (χ2n) is 4.87. The van der Waals surface area contributed by atoms with Crippen LogP contribution < -0.4 is 0 Å². The first-order valence-corrected chi connectivity index (χ1v) is 7.52. The summed E-state index contributed by atoms with van der Waals surface area (Å²) in [5.74, 6) is -0.0752. The number of aromatic nitrogens is 2. The third kappa shape index (κ3) is 3.27. The molecule has 1 heterocycles. The van der Waals surface area contributed by atoms with Gasteiger partial charge in [-0.1, -0.05) is 41.9 Å². The highest BCUT2D eigenvalue weighted by Gasteiger charge is 2.24. The number of carbonyl (C=O) groups excluding carboxylic acids is 1. The van der Waals surface area contributed by atoms with E-state index < -0.39 is 0 Å². The number of nitrogens with zero attached hydrogens (tertiary/aromatic N) is 3. The van der Waals surface area contributed by atoms with Gasteiger partial charge in [-0.05, 0) is 26.3 Å². The predicted octanol–water partition coefficient (Wildman–Crippen LogP) is 3.53. The van der Waals surface area contributed by atoms with E-state index in [-0.39, 0.29) is 5.91 Å². The molecule has 1 aromatic heterocycles. The number of carbonyl (C=O) groups is 1. The Labute approximate surface area is 130 Å². The molecule has 0 aliphatic rings. The van der Waals surface area contributed by atoms with Gasteiger partial charge in [0.2, 0.25) is 0 Å². The van der Waals surface area contributed by atoms with E-state index in [1.54, 1.807) is 9.58 Å². The summed E-state index contributed by atoms with van der Waals surface area (Å²) in [6.45, 7) is 7.55. The monoisotopic (exact) mass is 305 g/mol. The average molecular weight is 306 g/mol. The summed E-state index contributed by atoms with van der Waals surface area (Å²) in [6, 6.07) is 9.94. The van der Waals surface area contributed by atoms with E-state index in [1.165, 1.54) is 0 Å². The van der Waals surface area contributed by atoms with Crippen molar-refractivity contribution in [2.75, 3.05) is 6.54 Å². The Balaban J connectivity index is 2.28. The van der Waals surface area contributed by atoms with Crippen LogP contribution in [0.2, 0.25) is 5.02 Å². The van der Waals surface area contributed by atoms with E-state index in [1.807, 2.05) is 51.1 Å². The zero-order valence-corrected chi connectivity index (χ0v) is 13.4. The standard InChI is InChI=1S/C16H20ClN3O/c1-4-19(11-13-9-7-6-8-10-13)16(21)15-14(17)12(3)18-20(15)5-2/h6-10H,4-5,11H2,1-3H3. The molecule has 0 atom stereocenters. The van der Waals surface area contributed by atoms with Crippen LogP contribution in [0.3, 0.4) is 0 Å². The maximum Gasteiger partial charge on any atom is 0.273 e. The normalized spacial score (nSPS) is 10.7. The van der Waals surface area contributed by atoms with Crippen LogP contribution in [0.4, 0.5) is 0 Å². The van der Waals surface area contributed by atoms with Crippen molar-refractivity contribution in [3.63, 3.8) is 0 Å². The Morgan fingerprint density at radius 3 is 2.52 bits per heavy atom. The van der Waals surface area contributed by atoms with Crippen LogP contribution in [0.15, 0.2) is 30.3 Å². The fourth-order valence-corrected chi connectivity index (χ4v) is 2.49. The predicted molar refractivity (Wildman–Crippen MR) is 84.5 cm³/mol. The molecule has 0 aliphatic heterocycles. The quantitative estimate of drug-likeness (QED) is 0.847. The molecule has 4 nitrogen and oxygen atoms in total. The van der Waals surface area contributed by atoms with Crippen molar-refractivity contribution < 1.29 is 4.79 Å². The number of hydrogen-bond acceptors (Lipinski definition) is 2. The highest BCUT2D eigenvalue weighted by atomic mass is 35.5. The molecule has 0 radical (unpaired) electrons. The minimum Gasteiger partial charge on any atom is -0.333 e. The molecule has 1 amide bonds. The van der Waals surface area contributed by atoms with Gasteiger partial charge in [-0.2, -0.15) is 5.10 Å². The van der Waals surface area contributed by atoms with E-state index in [9.17, 15) is 4.79 Å². The molecule has 21 heavy (non-hydrogen) atoms. The average Bonchev–Trinajstić information content (AvgIpc) is 2.80. The van der Waals surface area contributed by atoms with Crippen LogP contribution in [-0.2, 0) is 13.1 Å². The summed E-state index contributed by atoms with van der Waals surface area (Å²) in [5, 5.41) is 4.76. The van der Waals surface area contributed by atoms with Crippen LogP contribution in [0.1, 0.15) is 35.6 Å². The second-order valence-corrected chi connectivity index (χ2v) is 5.25. The molecule has 2 rings (SSSR count). The molecule has 0 saturated carbocycles. The lowest BCUT2D eigenvalue weighted by Crippen LogP contribution is -2.32. The number of halogens is 1. The van der Waals surface area contributed by atoms with Gasteiger partial charge in [0, 0.05) is 19.6 Å². The van der Waals surface area contributed by atoms with Crippen molar-refractivity contribution in [3.8, 4) is 0 Å². The van der Waals surface area contributed by atoms with Gasteiger partial charge < -0.3 is 4.90 Å². The minimum absolute atomic E-state index is 0.0752. The molecular weight excluding hydrogens is 286 g/mol. The highest BCUT2D eigenvalue weighted by molar-refractivity contribution is 6.34. The minimum atomic E-state index is -0.0752. The maximum atomic E-state index is 12.8. The fraction of sp³-hybridized carbons (Fsp3) is 0.375. The largest absolute Gasteiger partial charge is 0.333 e. The Kier molecular flexibility index (Phi) is 5.02. The SMILES string of the molecule is CCN(Cc1ccccc1)C(=O)c1c(Cl)c(C)nn1CC.